The van der Waals surface area contributed by atoms with Crippen LogP contribution in [0.1, 0.15) is 27.1 Å². The standard InChI is InChI=1S/C19H38BN3O14P3S2/c1-21-10-12-41-42-15-33-11-5-3-4-8-22-19(24)23-9-6-7-20-18-13-16(32-2)17(35-18)14-34-39(28,29)37-40(30,31)36-38(25,26)27/h16-18,21H,3-5,8-15H2,1-2H3,(H,28,29)(H,30,31)(H2,22,23,24)(H2,25,26,27)/t16-,17+,18+/m0/s1/i2D. The summed E-state index contributed by atoms with van der Waals surface area (Å²) in [5, 5.41) is 8.40. The minimum absolute atomic E-state index is 0.0506. The molecule has 0 saturated carbocycles. The highest BCUT2D eigenvalue weighted by atomic mass is 33.1. The van der Waals surface area contributed by atoms with Crippen molar-refractivity contribution in [2.75, 3.05) is 58.7 Å². The van der Waals surface area contributed by atoms with Crippen LogP contribution in [0.3, 0.4) is 0 Å². The molecule has 243 valence electrons. The third kappa shape index (κ3) is 20.7. The van der Waals surface area contributed by atoms with Gasteiger partial charge in [0.05, 0.1) is 20.6 Å². The molecule has 1 saturated heterocycles. The van der Waals surface area contributed by atoms with Crippen LogP contribution < -0.4 is 16.0 Å². The smallest absolute Gasteiger partial charge is 0.379 e. The number of phosphoric acid groups is 3. The SMILES string of the molecule is [2H]CO[C@H]1C[C@H]([B]C#CCNC(=O)NCCCCCOCSSCCNC)O[C@@H]1COP(=O)(O)OP(=O)(O)OP(=O)(O)O. The molecule has 0 aromatic carbocycles. The summed E-state index contributed by atoms with van der Waals surface area (Å²) >= 11 is 0. The average Bonchev–Trinajstić information content (AvgIpc) is 3.27. The Labute approximate surface area is 255 Å². The monoisotopic (exact) mass is 701 g/mol. The maximum Gasteiger partial charge on any atom is 0.490 e. The van der Waals surface area contributed by atoms with Gasteiger partial charge in [0.25, 0.3) is 7.28 Å². The van der Waals surface area contributed by atoms with Gasteiger partial charge in [-0.1, -0.05) is 27.5 Å². The first-order valence-corrected chi connectivity index (χ1v) is 19.4. The highest BCUT2D eigenvalue weighted by molar-refractivity contribution is 8.76. The lowest BCUT2D eigenvalue weighted by Gasteiger charge is -2.20. The first kappa shape index (κ1) is 38.0. The fourth-order valence-corrected chi connectivity index (χ4v) is 7.78. The number of urea groups is 1. The van der Waals surface area contributed by atoms with Gasteiger partial charge in [0.15, 0.2) is 0 Å². The molecule has 42 heavy (non-hydrogen) atoms. The van der Waals surface area contributed by atoms with Crippen molar-refractivity contribution in [2.24, 2.45) is 0 Å². The predicted molar refractivity (Wildman–Crippen MR) is 157 cm³/mol. The Morgan fingerprint density at radius 1 is 1.10 bits per heavy atom. The second-order valence-corrected chi connectivity index (χ2v) is 15.2. The number of methoxy groups -OCH3 is 1. The van der Waals surface area contributed by atoms with Gasteiger partial charge in [-0.3, -0.25) is 4.52 Å². The van der Waals surface area contributed by atoms with Gasteiger partial charge in [-0.05, 0) is 32.7 Å². The number of phosphoric ester groups is 1. The Hall–Kier alpha value is -0.155. The third-order valence-electron chi connectivity index (χ3n) is 4.87. The van der Waals surface area contributed by atoms with E-state index in [1.165, 1.54) is 7.28 Å². The van der Waals surface area contributed by atoms with Crippen molar-refractivity contribution < 1.29 is 66.8 Å². The predicted octanol–water partition coefficient (Wildman–Crippen LogP) is 1.17. The summed E-state index contributed by atoms with van der Waals surface area (Å²) < 4.78 is 69.6. The van der Waals surface area contributed by atoms with E-state index in [0.717, 1.165) is 31.6 Å². The van der Waals surface area contributed by atoms with Crippen molar-refractivity contribution >= 4 is 58.4 Å². The molecule has 0 spiro atoms. The van der Waals surface area contributed by atoms with E-state index in [1.807, 2.05) is 7.05 Å². The van der Waals surface area contributed by atoms with Crippen LogP contribution >= 0.6 is 45.1 Å². The summed E-state index contributed by atoms with van der Waals surface area (Å²) in [6.45, 7) is 1.48. The summed E-state index contributed by atoms with van der Waals surface area (Å²) in [5.41, 5.74) is 0. The Morgan fingerprint density at radius 3 is 2.60 bits per heavy atom. The number of hydrogen-bond acceptors (Lipinski definition) is 13. The van der Waals surface area contributed by atoms with Gasteiger partial charge < -0.3 is 49.7 Å². The topological polar surface area (TPSA) is 241 Å². The van der Waals surface area contributed by atoms with Gasteiger partial charge in [0.1, 0.15) is 12.0 Å². The third-order valence-corrected chi connectivity index (χ3v) is 10.8. The summed E-state index contributed by atoms with van der Waals surface area (Å²) in [6, 6.07) is -1.01. The maximum absolute atomic E-state index is 11.9. The summed E-state index contributed by atoms with van der Waals surface area (Å²) in [5.74, 6) is 7.11. The van der Waals surface area contributed by atoms with Crippen molar-refractivity contribution in [2.45, 2.75) is 43.9 Å². The quantitative estimate of drug-likeness (QED) is 0.0209. The van der Waals surface area contributed by atoms with E-state index in [4.69, 9.17) is 25.4 Å². The van der Waals surface area contributed by atoms with Crippen molar-refractivity contribution in [1.29, 1.82) is 0 Å². The molecule has 2 unspecified atom stereocenters. The van der Waals surface area contributed by atoms with Crippen LogP contribution in [0.5, 0.6) is 0 Å². The molecule has 1 fully saturated rings. The van der Waals surface area contributed by atoms with Crippen LogP contribution in [0.25, 0.3) is 0 Å². The minimum atomic E-state index is -5.65. The number of carbonyl (C=O) groups is 1. The molecule has 0 aromatic rings. The Bertz CT molecular complexity index is 1030. The molecule has 0 aliphatic carbocycles. The molecule has 5 atom stereocenters. The summed E-state index contributed by atoms with van der Waals surface area (Å²) in [7, 11) is -10.2. The summed E-state index contributed by atoms with van der Waals surface area (Å²) in [6.07, 6.45) is 1.01. The second-order valence-electron chi connectivity index (χ2n) is 8.27. The van der Waals surface area contributed by atoms with Crippen LogP contribution in [0, 0.1) is 11.7 Å². The van der Waals surface area contributed by atoms with Gasteiger partial charge in [-0.15, -0.1) is 0 Å². The second kappa shape index (κ2) is 21.6. The van der Waals surface area contributed by atoms with Crippen molar-refractivity contribution in [3.05, 3.63) is 0 Å². The molecule has 0 bridgehead atoms. The first-order valence-electron chi connectivity index (χ1n) is 13.1. The molecule has 1 aliphatic rings. The lowest BCUT2D eigenvalue weighted by molar-refractivity contribution is -0.0204. The fraction of sp³-hybridized carbons (Fsp3) is 0.842. The first-order chi connectivity index (χ1) is 20.3. The molecule has 23 heteroatoms. The number of hydrogen-bond donors (Lipinski definition) is 7. The van der Waals surface area contributed by atoms with Crippen LogP contribution in [0.4, 0.5) is 4.79 Å². The number of unbranched alkanes of at least 4 members (excludes halogenated alkanes) is 2. The van der Waals surface area contributed by atoms with E-state index in [9.17, 15) is 28.3 Å². The minimum Gasteiger partial charge on any atom is -0.379 e. The van der Waals surface area contributed by atoms with E-state index < -0.39 is 55.4 Å². The van der Waals surface area contributed by atoms with Crippen molar-refractivity contribution in [3.8, 4) is 11.7 Å². The number of amides is 2. The molecule has 17 nitrogen and oxygen atoms in total. The highest BCUT2D eigenvalue weighted by Gasteiger charge is 2.42. The fourth-order valence-electron chi connectivity index (χ4n) is 3.08. The van der Waals surface area contributed by atoms with Gasteiger partial charge in [-0.25, -0.2) is 18.5 Å². The zero-order valence-electron chi connectivity index (χ0n) is 23.8. The Kier molecular flexibility index (Phi) is 19.5. The molecular formula is C19H38BN3O14P3S2. The molecule has 7 N–H and O–H groups in total. The highest BCUT2D eigenvalue weighted by Crippen LogP contribution is 2.66. The van der Waals surface area contributed by atoms with E-state index in [-0.39, 0.29) is 19.0 Å². The molecular weight excluding hydrogens is 662 g/mol. The number of ether oxygens (including phenoxy) is 3. The van der Waals surface area contributed by atoms with Crippen LogP contribution in [-0.2, 0) is 41.1 Å². The molecule has 1 heterocycles. The van der Waals surface area contributed by atoms with E-state index in [0.29, 0.717) is 19.1 Å². The van der Waals surface area contributed by atoms with Gasteiger partial charge in [-0.2, -0.15) is 14.4 Å². The lowest BCUT2D eigenvalue weighted by Crippen LogP contribution is -2.36. The maximum atomic E-state index is 11.9. The van der Waals surface area contributed by atoms with E-state index in [1.54, 1.807) is 21.6 Å². The average molecular weight is 701 g/mol. The number of nitrogens with one attached hydrogen (secondary N) is 3. The molecule has 1 rings (SSSR count). The van der Waals surface area contributed by atoms with E-state index in [2.05, 4.69) is 40.8 Å². The lowest BCUT2D eigenvalue weighted by atomic mass is 9.71. The Morgan fingerprint density at radius 2 is 1.88 bits per heavy atom. The largest absolute Gasteiger partial charge is 0.490 e. The molecule has 1 radical (unpaired) electrons. The van der Waals surface area contributed by atoms with Crippen LogP contribution in [-0.4, -0.2) is 110 Å². The van der Waals surface area contributed by atoms with E-state index >= 15 is 0 Å². The molecule has 1 aliphatic heterocycles. The zero-order valence-corrected chi connectivity index (χ0v) is 27.1. The van der Waals surface area contributed by atoms with Crippen LogP contribution in [0.15, 0.2) is 0 Å². The van der Waals surface area contributed by atoms with Crippen molar-refractivity contribution in [3.63, 3.8) is 0 Å². The zero-order chi connectivity index (χ0) is 32.2. The van der Waals surface area contributed by atoms with Gasteiger partial charge in [0.2, 0.25) is 0 Å². The van der Waals surface area contributed by atoms with Gasteiger partial charge >= 0.3 is 29.5 Å². The van der Waals surface area contributed by atoms with Crippen LogP contribution in [0.2, 0.25) is 0 Å². The summed E-state index contributed by atoms with van der Waals surface area (Å²) in [4.78, 5) is 47.9. The molecule has 0 aromatic heterocycles. The Balaban J connectivity index is 2.26. The number of carbonyl (C=O) groups excluding carboxylic acids is 1. The molecule has 2 amide bonds. The normalized spacial score (nSPS) is 21.8. The van der Waals surface area contributed by atoms with Gasteiger partial charge in [0, 0.05) is 38.5 Å². The van der Waals surface area contributed by atoms with Crippen molar-refractivity contribution in [1.82, 2.24) is 16.0 Å². The number of rotatable bonds is 22.